The van der Waals surface area contributed by atoms with Gasteiger partial charge in [-0.2, -0.15) is 0 Å². The number of Topliss-reactive ketones (excluding diaryl/α,β-unsaturated/α-hetero) is 2. The summed E-state index contributed by atoms with van der Waals surface area (Å²) in [4.78, 5) is 101. The van der Waals surface area contributed by atoms with Crippen LogP contribution >= 0.6 is 0 Å². The molecule has 0 aliphatic carbocycles. The Hall–Kier alpha value is -5.57. The molecule has 15 nitrogen and oxygen atoms in total. The number of aliphatic carboxylic acids is 1. The Bertz CT molecular complexity index is 2220. The van der Waals surface area contributed by atoms with Crippen LogP contribution in [0.15, 0.2) is 54.7 Å². The zero-order valence-corrected chi connectivity index (χ0v) is 43.7. The number of likely N-dealkylation sites (N-methyl/N-ethyl adjacent to an activating group) is 3. The maximum Gasteiger partial charge on any atom is 0.344 e. The first-order valence-corrected chi connectivity index (χ1v) is 24.5. The Morgan fingerprint density at radius 1 is 0.638 bits per heavy atom. The molecule has 7 atom stereocenters. The molecular formula is C54H81N5O10. The highest BCUT2D eigenvalue weighted by Gasteiger charge is 2.39. The minimum Gasteiger partial charge on any atom is -0.497 e. The van der Waals surface area contributed by atoms with Gasteiger partial charge < -0.3 is 39.6 Å². The first kappa shape index (κ1) is 57.7. The molecule has 0 bridgehead atoms. The van der Waals surface area contributed by atoms with E-state index in [1.807, 2.05) is 110 Å². The van der Waals surface area contributed by atoms with Gasteiger partial charge in [-0.3, -0.25) is 24.0 Å². The number of benzene rings is 2. The number of carboxylic acids is 1. The van der Waals surface area contributed by atoms with Gasteiger partial charge in [0, 0.05) is 75.9 Å². The van der Waals surface area contributed by atoms with Crippen LogP contribution in [0.1, 0.15) is 119 Å². The van der Waals surface area contributed by atoms with Crippen LogP contribution in [-0.2, 0) is 51.3 Å². The van der Waals surface area contributed by atoms with E-state index >= 15 is 9.59 Å². The van der Waals surface area contributed by atoms with Crippen molar-refractivity contribution >= 4 is 52.1 Å². The highest BCUT2D eigenvalue weighted by atomic mass is 16.6. The van der Waals surface area contributed by atoms with Gasteiger partial charge in [0.25, 0.3) is 0 Å². The van der Waals surface area contributed by atoms with Gasteiger partial charge in [0.1, 0.15) is 11.8 Å². The average Bonchev–Trinajstić information content (AvgIpc) is 3.63. The van der Waals surface area contributed by atoms with Crippen LogP contribution in [-0.4, -0.2) is 124 Å². The number of nitrogens with two attached hydrogens (primary N) is 1. The number of esters is 1. The molecule has 382 valence electrons. The molecule has 0 saturated heterocycles. The normalized spacial score (nSPS) is 14.8. The summed E-state index contributed by atoms with van der Waals surface area (Å²) in [5.41, 5.74) is 9.08. The molecule has 3 aromatic rings. The lowest BCUT2D eigenvalue weighted by molar-refractivity contribution is -0.167. The third-order valence-electron chi connectivity index (χ3n) is 12.9. The molecule has 1 heterocycles. The van der Waals surface area contributed by atoms with Crippen molar-refractivity contribution in [1.82, 2.24) is 19.3 Å². The predicted molar refractivity (Wildman–Crippen MR) is 268 cm³/mol. The van der Waals surface area contributed by atoms with Crippen LogP contribution in [0.4, 0.5) is 0 Å². The Balaban J connectivity index is 2.14. The van der Waals surface area contributed by atoms with Gasteiger partial charge in [-0.15, -0.1) is 0 Å². The third-order valence-corrected chi connectivity index (χ3v) is 12.9. The lowest BCUT2D eigenvalue weighted by Gasteiger charge is -2.34. The quantitative estimate of drug-likeness (QED) is 0.0687. The van der Waals surface area contributed by atoms with E-state index in [2.05, 4.69) is 4.57 Å². The summed E-state index contributed by atoms with van der Waals surface area (Å²) < 4.78 is 12.6. The zero-order chi connectivity index (χ0) is 52.0. The molecule has 2 aromatic carbocycles. The second kappa shape index (κ2) is 26.4. The molecule has 69 heavy (non-hydrogen) atoms. The molecule has 0 fully saturated rings. The standard InChI is InChI=1S/C54H81N5O10/c1-32(2)23-39(50(62)56(11)36(9)54(67)69-37(10)53(65)66)28-49(61)47(27-41-31-59(45-18-16-15-17-43(41)45)30-38-19-21-42(68-14)22-20-38)57(12)51(63)40(24-33(3)4)29-48(60)46(26-35(7)8)58(13)52(64)44(55)25-34(5)6/h15-22,31-37,39-40,44,46-47H,23-30,55H2,1-14H3,(H,65,66)/t36-,37+,39+,40+,44-,46-,47-/m0/s1. The van der Waals surface area contributed by atoms with Crippen LogP contribution < -0.4 is 10.5 Å². The van der Waals surface area contributed by atoms with Gasteiger partial charge in [0.2, 0.25) is 17.7 Å². The number of para-hydroxylation sites is 1. The SMILES string of the molecule is COc1ccc(Cn2cc(C[C@@H](C(=O)C[C@@H](CC(C)C)C(=O)N(C)[C@@H](C)C(=O)O[C@H](C)C(=O)O)N(C)C(=O)[C@@H](CC(=O)[C@H](CC(C)C)N(C)C(=O)[C@@H](N)CC(C)C)CC(C)C)c3ccccc32)cc1. The number of amides is 3. The molecular weight excluding hydrogens is 879 g/mol. The Labute approximate surface area is 410 Å². The van der Waals surface area contributed by atoms with Crippen molar-refractivity contribution in [2.24, 2.45) is 41.2 Å². The van der Waals surface area contributed by atoms with Gasteiger partial charge in [0.05, 0.1) is 25.2 Å². The summed E-state index contributed by atoms with van der Waals surface area (Å²) >= 11 is 0. The number of methoxy groups -OCH3 is 1. The van der Waals surface area contributed by atoms with Crippen LogP contribution in [0.2, 0.25) is 0 Å². The molecule has 0 saturated carbocycles. The van der Waals surface area contributed by atoms with E-state index in [4.69, 9.17) is 15.2 Å². The molecule has 3 rings (SSSR count). The summed E-state index contributed by atoms with van der Waals surface area (Å²) in [6.07, 6.45) is 1.68. The van der Waals surface area contributed by atoms with Gasteiger partial charge in [-0.25, -0.2) is 9.59 Å². The number of hydrogen-bond donors (Lipinski definition) is 2. The molecule has 0 unspecified atom stereocenters. The van der Waals surface area contributed by atoms with Crippen molar-refractivity contribution in [2.75, 3.05) is 28.3 Å². The summed E-state index contributed by atoms with van der Waals surface area (Å²) in [7, 11) is 6.22. The number of aromatic nitrogens is 1. The smallest absolute Gasteiger partial charge is 0.344 e. The van der Waals surface area contributed by atoms with Crippen molar-refractivity contribution in [3.8, 4) is 5.75 Å². The highest BCUT2D eigenvalue weighted by molar-refractivity contribution is 5.97. The zero-order valence-electron chi connectivity index (χ0n) is 43.7. The van der Waals surface area contributed by atoms with Crippen LogP contribution in [0, 0.1) is 35.5 Å². The second-order valence-corrected chi connectivity index (χ2v) is 20.7. The summed E-state index contributed by atoms with van der Waals surface area (Å²) in [6.45, 7) is 18.9. The molecule has 0 aliphatic rings. The van der Waals surface area contributed by atoms with E-state index < -0.39 is 65.9 Å². The van der Waals surface area contributed by atoms with Crippen LogP contribution in [0.3, 0.4) is 0 Å². The van der Waals surface area contributed by atoms with Crippen molar-refractivity contribution in [2.45, 2.75) is 151 Å². The second-order valence-electron chi connectivity index (χ2n) is 20.7. The fraction of sp³-hybridized carbons (Fsp3) is 0.611. The van der Waals surface area contributed by atoms with E-state index in [9.17, 15) is 29.1 Å². The third kappa shape index (κ3) is 16.5. The van der Waals surface area contributed by atoms with Crippen molar-refractivity contribution in [3.63, 3.8) is 0 Å². The van der Waals surface area contributed by atoms with Gasteiger partial charge >= 0.3 is 11.9 Å². The molecule has 1 aromatic heterocycles. The summed E-state index contributed by atoms with van der Waals surface area (Å²) in [5, 5.41) is 10.2. The summed E-state index contributed by atoms with van der Waals surface area (Å²) in [5.74, 6) is -4.96. The first-order valence-electron chi connectivity index (χ1n) is 24.5. The number of nitrogens with zero attached hydrogens (tertiary/aromatic N) is 4. The van der Waals surface area contributed by atoms with Crippen molar-refractivity contribution in [1.29, 1.82) is 0 Å². The largest absolute Gasteiger partial charge is 0.497 e. The fourth-order valence-corrected chi connectivity index (χ4v) is 9.04. The van der Waals surface area contributed by atoms with Crippen molar-refractivity contribution < 1.29 is 48.1 Å². The topological polar surface area (TPSA) is 199 Å². The van der Waals surface area contributed by atoms with Gasteiger partial charge in [0.15, 0.2) is 17.7 Å². The minimum atomic E-state index is -1.43. The van der Waals surface area contributed by atoms with E-state index in [1.54, 1.807) is 21.2 Å². The molecule has 3 amide bonds. The number of rotatable bonds is 28. The maximum atomic E-state index is 15.2. The number of ether oxygens (including phenoxy) is 2. The molecule has 0 aliphatic heterocycles. The number of carboxylic acid groups (broad SMARTS) is 1. The fourth-order valence-electron chi connectivity index (χ4n) is 9.04. The Morgan fingerprint density at radius 3 is 1.64 bits per heavy atom. The highest BCUT2D eigenvalue weighted by Crippen LogP contribution is 2.30. The number of fused-ring (bicyclic) bond motifs is 1. The number of hydrogen-bond acceptors (Lipinski definition) is 10. The monoisotopic (exact) mass is 960 g/mol. The molecule has 0 spiro atoms. The van der Waals surface area contributed by atoms with E-state index in [-0.39, 0.29) is 66.8 Å². The lowest BCUT2D eigenvalue weighted by atomic mass is 9.85. The number of ketones is 2. The van der Waals surface area contributed by atoms with Crippen LogP contribution in [0.5, 0.6) is 5.75 Å². The van der Waals surface area contributed by atoms with E-state index in [0.717, 1.165) is 27.8 Å². The van der Waals surface area contributed by atoms with Crippen molar-refractivity contribution in [3.05, 3.63) is 65.9 Å². The molecule has 3 N–H and O–H groups in total. The molecule has 15 heteroatoms. The van der Waals surface area contributed by atoms with Gasteiger partial charge in [-0.05, 0) is 92.5 Å². The minimum absolute atomic E-state index is 0.0108. The number of carbonyl (C=O) groups is 7. The van der Waals surface area contributed by atoms with Gasteiger partial charge in [-0.1, -0.05) is 85.7 Å². The summed E-state index contributed by atoms with van der Waals surface area (Å²) in [6, 6.07) is 11.7. The average molecular weight is 960 g/mol. The lowest BCUT2D eigenvalue weighted by Crippen LogP contribution is -2.51. The first-order chi connectivity index (χ1) is 32.3. The Morgan fingerprint density at radius 2 is 1.13 bits per heavy atom. The van der Waals surface area contributed by atoms with E-state index in [0.29, 0.717) is 25.8 Å². The predicted octanol–water partition coefficient (Wildman–Crippen LogP) is 7.42. The Kier molecular flexibility index (Phi) is 22.1. The van der Waals surface area contributed by atoms with E-state index in [1.165, 1.54) is 35.6 Å². The number of carbonyl (C=O) groups excluding carboxylic acids is 6. The van der Waals surface area contributed by atoms with Crippen LogP contribution in [0.25, 0.3) is 10.9 Å². The molecule has 0 radical (unpaired) electrons. The maximum absolute atomic E-state index is 15.2.